The number of aliphatic imine (C=N–C) groups is 1. The lowest BCUT2D eigenvalue weighted by molar-refractivity contribution is -0.117. The van der Waals surface area contributed by atoms with Gasteiger partial charge in [-0.2, -0.15) is 0 Å². The number of rotatable bonds is 2. The van der Waals surface area contributed by atoms with E-state index in [0.717, 1.165) is 0 Å². The standard InChI is InChI=1S/C8H6N2O2/c11-6-10-8(12)5-7-3-1-2-4-9-7/h1-4H,5H2. The molecule has 1 rings (SSSR count). The molecular weight excluding hydrogens is 156 g/mol. The molecule has 4 nitrogen and oxygen atoms in total. The number of amides is 1. The second-order valence-electron chi connectivity index (χ2n) is 2.09. The summed E-state index contributed by atoms with van der Waals surface area (Å²) < 4.78 is 0. The summed E-state index contributed by atoms with van der Waals surface area (Å²) >= 11 is 0. The molecular formula is C8H6N2O2. The van der Waals surface area contributed by atoms with Gasteiger partial charge in [-0.1, -0.05) is 6.07 Å². The van der Waals surface area contributed by atoms with Gasteiger partial charge in [0.2, 0.25) is 6.08 Å². The van der Waals surface area contributed by atoms with Gasteiger partial charge >= 0.3 is 0 Å². The fraction of sp³-hybridized carbons (Fsp3) is 0.125. The van der Waals surface area contributed by atoms with E-state index in [1.54, 1.807) is 24.4 Å². The van der Waals surface area contributed by atoms with E-state index in [2.05, 4.69) is 9.98 Å². The third kappa shape index (κ3) is 2.44. The number of hydrogen-bond acceptors (Lipinski definition) is 3. The smallest absolute Gasteiger partial charge is 0.262 e. The average molecular weight is 162 g/mol. The van der Waals surface area contributed by atoms with E-state index >= 15 is 0 Å². The lowest BCUT2D eigenvalue weighted by Crippen LogP contribution is -1.99. The van der Waals surface area contributed by atoms with Crippen LogP contribution in [0.3, 0.4) is 0 Å². The van der Waals surface area contributed by atoms with Gasteiger partial charge in [-0.25, -0.2) is 4.79 Å². The van der Waals surface area contributed by atoms with Crippen molar-refractivity contribution in [2.45, 2.75) is 6.42 Å². The maximum absolute atomic E-state index is 10.7. The van der Waals surface area contributed by atoms with Crippen LogP contribution >= 0.6 is 0 Å². The summed E-state index contributed by atoms with van der Waals surface area (Å²) in [4.78, 5) is 27.2. The lowest BCUT2D eigenvalue weighted by atomic mass is 10.3. The molecule has 60 valence electrons. The predicted molar refractivity (Wildman–Crippen MR) is 41.1 cm³/mol. The highest BCUT2D eigenvalue weighted by molar-refractivity contribution is 5.83. The SMILES string of the molecule is O=C=NC(=O)Cc1ccccn1. The first-order valence-electron chi connectivity index (χ1n) is 3.33. The van der Waals surface area contributed by atoms with Gasteiger partial charge in [0, 0.05) is 11.9 Å². The van der Waals surface area contributed by atoms with Gasteiger partial charge in [0.1, 0.15) is 0 Å². The second kappa shape index (κ2) is 4.16. The van der Waals surface area contributed by atoms with Gasteiger partial charge in [0.25, 0.3) is 5.91 Å². The Morgan fingerprint density at radius 2 is 2.42 bits per heavy atom. The summed E-state index contributed by atoms with van der Waals surface area (Å²) in [7, 11) is 0. The van der Waals surface area contributed by atoms with Crippen molar-refractivity contribution in [3.05, 3.63) is 30.1 Å². The molecule has 12 heavy (non-hydrogen) atoms. The third-order valence-electron chi connectivity index (χ3n) is 1.23. The Hall–Kier alpha value is -1.80. The number of pyridine rings is 1. The van der Waals surface area contributed by atoms with Gasteiger partial charge in [-0.05, 0) is 12.1 Å². The summed E-state index contributed by atoms with van der Waals surface area (Å²) in [5, 5.41) is 0. The molecule has 0 aromatic carbocycles. The zero-order valence-corrected chi connectivity index (χ0v) is 6.23. The van der Waals surface area contributed by atoms with Crippen molar-refractivity contribution in [1.29, 1.82) is 0 Å². The normalized spacial score (nSPS) is 8.67. The minimum absolute atomic E-state index is 0.0517. The van der Waals surface area contributed by atoms with E-state index < -0.39 is 5.91 Å². The summed E-state index contributed by atoms with van der Waals surface area (Å²) in [6, 6.07) is 5.20. The van der Waals surface area contributed by atoms with E-state index in [1.807, 2.05) is 0 Å². The van der Waals surface area contributed by atoms with E-state index in [1.165, 1.54) is 6.08 Å². The molecule has 0 radical (unpaired) electrons. The minimum Gasteiger partial charge on any atom is -0.271 e. The Balaban J connectivity index is 2.64. The van der Waals surface area contributed by atoms with Gasteiger partial charge < -0.3 is 0 Å². The van der Waals surface area contributed by atoms with Crippen LogP contribution < -0.4 is 0 Å². The maximum atomic E-state index is 10.7. The summed E-state index contributed by atoms with van der Waals surface area (Å²) in [5.41, 5.74) is 0.599. The minimum atomic E-state index is -0.524. The van der Waals surface area contributed by atoms with Gasteiger partial charge in [0.05, 0.1) is 6.42 Å². The molecule has 0 saturated carbocycles. The monoisotopic (exact) mass is 162 g/mol. The zero-order chi connectivity index (χ0) is 8.81. The largest absolute Gasteiger partial charge is 0.271 e. The van der Waals surface area contributed by atoms with Crippen LogP contribution in [0.25, 0.3) is 0 Å². The van der Waals surface area contributed by atoms with Crippen LogP contribution in [0.1, 0.15) is 5.69 Å². The van der Waals surface area contributed by atoms with Crippen molar-refractivity contribution < 1.29 is 9.59 Å². The first-order chi connectivity index (χ1) is 5.83. The molecule has 0 N–H and O–H groups in total. The highest BCUT2D eigenvalue weighted by Gasteiger charge is 2.00. The van der Waals surface area contributed by atoms with Crippen molar-refractivity contribution in [2.24, 2.45) is 4.99 Å². The summed E-state index contributed by atoms with van der Waals surface area (Å²) in [6.07, 6.45) is 2.81. The van der Waals surface area contributed by atoms with E-state index in [4.69, 9.17) is 0 Å². The third-order valence-corrected chi connectivity index (χ3v) is 1.23. The molecule has 1 heterocycles. The summed E-state index contributed by atoms with van der Waals surface area (Å²) in [6.45, 7) is 0. The molecule has 0 aliphatic heterocycles. The molecule has 0 aliphatic carbocycles. The van der Waals surface area contributed by atoms with Crippen molar-refractivity contribution in [3.8, 4) is 0 Å². The number of carbonyl (C=O) groups is 1. The second-order valence-corrected chi connectivity index (χ2v) is 2.09. The molecule has 1 aromatic heterocycles. The molecule has 4 heteroatoms. The van der Waals surface area contributed by atoms with Crippen LogP contribution in [0.2, 0.25) is 0 Å². The Bertz CT molecular complexity index is 315. The number of hydrogen-bond donors (Lipinski definition) is 0. The number of carbonyl (C=O) groups excluding carboxylic acids is 2. The van der Waals surface area contributed by atoms with Crippen LogP contribution in [0.4, 0.5) is 0 Å². The highest BCUT2D eigenvalue weighted by Crippen LogP contribution is 1.95. The molecule has 1 amide bonds. The van der Waals surface area contributed by atoms with Crippen LogP contribution in [0.15, 0.2) is 29.4 Å². The summed E-state index contributed by atoms with van der Waals surface area (Å²) in [5.74, 6) is -0.524. The topological polar surface area (TPSA) is 59.4 Å². The number of nitrogens with zero attached hydrogens (tertiary/aromatic N) is 2. The molecule has 0 fully saturated rings. The quantitative estimate of drug-likeness (QED) is 0.469. The van der Waals surface area contributed by atoms with Crippen molar-refractivity contribution in [3.63, 3.8) is 0 Å². The molecule has 0 atom stereocenters. The maximum Gasteiger partial charge on any atom is 0.262 e. The molecule has 1 aromatic rings. The van der Waals surface area contributed by atoms with Crippen molar-refractivity contribution in [2.75, 3.05) is 0 Å². The Morgan fingerprint density at radius 3 is 3.00 bits per heavy atom. The molecule has 0 aliphatic rings. The number of isocyanates is 1. The van der Waals surface area contributed by atoms with Gasteiger partial charge in [-0.3, -0.25) is 9.78 Å². The molecule has 0 saturated heterocycles. The van der Waals surface area contributed by atoms with Gasteiger partial charge in [0.15, 0.2) is 0 Å². The van der Waals surface area contributed by atoms with Crippen LogP contribution in [-0.2, 0) is 16.0 Å². The first-order valence-corrected chi connectivity index (χ1v) is 3.33. The molecule has 0 bridgehead atoms. The Morgan fingerprint density at radius 1 is 1.58 bits per heavy atom. The fourth-order valence-corrected chi connectivity index (χ4v) is 0.748. The van der Waals surface area contributed by atoms with Crippen molar-refractivity contribution >= 4 is 12.0 Å². The fourth-order valence-electron chi connectivity index (χ4n) is 0.748. The van der Waals surface area contributed by atoms with Crippen LogP contribution in [0.5, 0.6) is 0 Å². The van der Waals surface area contributed by atoms with E-state index in [0.29, 0.717) is 5.69 Å². The Labute approximate surface area is 69.0 Å². The Kier molecular flexibility index (Phi) is 2.87. The molecule has 0 spiro atoms. The molecule has 0 unspecified atom stereocenters. The highest BCUT2D eigenvalue weighted by atomic mass is 16.2. The first kappa shape index (κ1) is 8.30. The van der Waals surface area contributed by atoms with E-state index in [-0.39, 0.29) is 6.42 Å². The van der Waals surface area contributed by atoms with E-state index in [9.17, 15) is 9.59 Å². The van der Waals surface area contributed by atoms with Crippen molar-refractivity contribution in [1.82, 2.24) is 4.98 Å². The van der Waals surface area contributed by atoms with Gasteiger partial charge in [-0.15, -0.1) is 4.99 Å². The predicted octanol–water partition coefficient (Wildman–Crippen LogP) is 0.486. The number of aromatic nitrogens is 1. The van der Waals surface area contributed by atoms with Crippen LogP contribution in [0, 0.1) is 0 Å². The van der Waals surface area contributed by atoms with Crippen LogP contribution in [-0.4, -0.2) is 17.0 Å². The lowest BCUT2D eigenvalue weighted by Gasteiger charge is -1.92. The average Bonchev–Trinajstić information content (AvgIpc) is 2.06. The zero-order valence-electron chi connectivity index (χ0n) is 6.23.